The first kappa shape index (κ1) is 14.9. The van der Waals surface area contributed by atoms with E-state index in [0.717, 1.165) is 5.56 Å². The molecule has 1 amide bonds. The summed E-state index contributed by atoms with van der Waals surface area (Å²) in [5.74, 6) is -0.396. The maximum absolute atomic E-state index is 13.8. The molecule has 0 unspecified atom stereocenters. The molecule has 0 spiro atoms. The van der Waals surface area contributed by atoms with Gasteiger partial charge in [0.2, 0.25) is 5.89 Å². The number of rotatable bonds is 4. The normalized spacial score (nSPS) is 10.5. The minimum atomic E-state index is -0.448. The van der Waals surface area contributed by atoms with E-state index in [-0.39, 0.29) is 23.1 Å². The summed E-state index contributed by atoms with van der Waals surface area (Å²) in [4.78, 5) is 20.3. The third kappa shape index (κ3) is 3.26. The Morgan fingerprint density at radius 3 is 2.83 bits per heavy atom. The summed E-state index contributed by atoms with van der Waals surface area (Å²) >= 11 is 0. The molecule has 23 heavy (non-hydrogen) atoms. The molecule has 1 aromatic carbocycles. The van der Waals surface area contributed by atoms with Crippen LogP contribution in [0.5, 0.6) is 0 Å². The molecule has 0 aliphatic heterocycles. The van der Waals surface area contributed by atoms with Crippen LogP contribution < -0.4 is 5.32 Å². The van der Waals surface area contributed by atoms with Gasteiger partial charge >= 0.3 is 0 Å². The number of carbonyl (C=O) groups excluding carboxylic acids is 1. The molecule has 2 aromatic heterocycles. The lowest BCUT2D eigenvalue weighted by molar-refractivity contribution is 0.0945. The first-order valence-corrected chi connectivity index (χ1v) is 7.04. The molecule has 0 saturated carbocycles. The number of hydrogen-bond donors (Lipinski definition) is 1. The molecule has 0 atom stereocenters. The number of amides is 1. The van der Waals surface area contributed by atoms with Crippen LogP contribution in [0.4, 0.5) is 4.39 Å². The van der Waals surface area contributed by atoms with Crippen molar-refractivity contribution in [2.24, 2.45) is 0 Å². The fourth-order valence-electron chi connectivity index (χ4n) is 2.13. The highest BCUT2D eigenvalue weighted by molar-refractivity contribution is 5.93. The predicted octanol–water partition coefficient (Wildman–Crippen LogP) is 3.11. The first-order valence-electron chi connectivity index (χ1n) is 7.04. The summed E-state index contributed by atoms with van der Waals surface area (Å²) < 4.78 is 19.2. The van der Waals surface area contributed by atoms with E-state index in [0.29, 0.717) is 12.3 Å². The molecule has 0 aliphatic carbocycles. The Hall–Kier alpha value is -3.02. The summed E-state index contributed by atoms with van der Waals surface area (Å²) in [6.07, 6.45) is 3.33. The molecule has 0 bridgehead atoms. The average molecular weight is 311 g/mol. The van der Waals surface area contributed by atoms with E-state index in [9.17, 15) is 9.18 Å². The minimum absolute atomic E-state index is 0.0899. The van der Waals surface area contributed by atoms with Gasteiger partial charge in [-0.2, -0.15) is 0 Å². The molecule has 2 heterocycles. The molecule has 0 saturated heterocycles. The van der Waals surface area contributed by atoms with Gasteiger partial charge in [-0.15, -0.1) is 0 Å². The Morgan fingerprint density at radius 1 is 1.26 bits per heavy atom. The van der Waals surface area contributed by atoms with Gasteiger partial charge in [0, 0.05) is 18.9 Å². The predicted molar refractivity (Wildman–Crippen MR) is 82.0 cm³/mol. The summed E-state index contributed by atoms with van der Waals surface area (Å²) in [7, 11) is 0. The zero-order chi connectivity index (χ0) is 16.2. The summed E-state index contributed by atoms with van der Waals surface area (Å²) in [5.41, 5.74) is 1.24. The van der Waals surface area contributed by atoms with Gasteiger partial charge in [-0.3, -0.25) is 9.78 Å². The van der Waals surface area contributed by atoms with Crippen LogP contribution in [-0.4, -0.2) is 15.9 Å². The monoisotopic (exact) mass is 311 g/mol. The molecule has 1 N–H and O–H groups in total. The van der Waals surface area contributed by atoms with E-state index in [4.69, 9.17) is 4.42 Å². The van der Waals surface area contributed by atoms with Gasteiger partial charge in [0.05, 0.1) is 5.56 Å². The molecular weight excluding hydrogens is 297 g/mol. The zero-order valence-electron chi connectivity index (χ0n) is 12.4. The van der Waals surface area contributed by atoms with Gasteiger partial charge in [-0.25, -0.2) is 9.37 Å². The number of aromatic nitrogens is 2. The lowest BCUT2D eigenvalue weighted by Gasteiger charge is -2.02. The highest BCUT2D eigenvalue weighted by Crippen LogP contribution is 2.24. The molecule has 0 aliphatic rings. The van der Waals surface area contributed by atoms with Gasteiger partial charge < -0.3 is 9.73 Å². The first-order chi connectivity index (χ1) is 11.1. The minimum Gasteiger partial charge on any atom is -0.440 e. The number of oxazole rings is 1. The van der Waals surface area contributed by atoms with Crippen molar-refractivity contribution in [1.29, 1.82) is 0 Å². The van der Waals surface area contributed by atoms with Crippen LogP contribution in [-0.2, 0) is 6.54 Å². The van der Waals surface area contributed by atoms with Crippen molar-refractivity contribution in [1.82, 2.24) is 15.3 Å². The molecule has 116 valence electrons. The number of hydrogen-bond acceptors (Lipinski definition) is 4. The lowest BCUT2D eigenvalue weighted by atomic mass is 10.2. The number of nitrogens with one attached hydrogen (secondary N) is 1. The Labute approximate surface area is 132 Å². The maximum atomic E-state index is 13.8. The third-order valence-corrected chi connectivity index (χ3v) is 3.29. The van der Waals surface area contributed by atoms with Crippen molar-refractivity contribution in [3.8, 4) is 11.5 Å². The van der Waals surface area contributed by atoms with Crippen LogP contribution in [0.15, 0.2) is 53.2 Å². The van der Waals surface area contributed by atoms with Crippen LogP contribution in [0.1, 0.15) is 21.8 Å². The van der Waals surface area contributed by atoms with Crippen LogP contribution in [0.25, 0.3) is 11.5 Å². The molecule has 0 fully saturated rings. The summed E-state index contributed by atoms with van der Waals surface area (Å²) in [5, 5.41) is 2.74. The van der Waals surface area contributed by atoms with E-state index in [1.165, 1.54) is 6.07 Å². The van der Waals surface area contributed by atoms with E-state index in [2.05, 4.69) is 15.3 Å². The quantitative estimate of drug-likeness (QED) is 0.804. The second-order valence-electron chi connectivity index (χ2n) is 4.95. The van der Waals surface area contributed by atoms with Crippen molar-refractivity contribution < 1.29 is 13.6 Å². The number of halogens is 1. The highest BCUT2D eigenvalue weighted by Gasteiger charge is 2.19. The van der Waals surface area contributed by atoms with Gasteiger partial charge in [-0.1, -0.05) is 18.2 Å². The third-order valence-electron chi connectivity index (χ3n) is 3.29. The molecule has 5 nitrogen and oxygen atoms in total. The topological polar surface area (TPSA) is 68.0 Å². The Bertz CT molecular complexity index is 831. The van der Waals surface area contributed by atoms with E-state index < -0.39 is 5.82 Å². The fraction of sp³-hybridized carbons (Fsp3) is 0.118. The second kappa shape index (κ2) is 6.39. The number of pyridine rings is 1. The van der Waals surface area contributed by atoms with Crippen LogP contribution in [0.2, 0.25) is 0 Å². The number of carbonyl (C=O) groups is 1. The van der Waals surface area contributed by atoms with Crippen molar-refractivity contribution >= 4 is 5.91 Å². The van der Waals surface area contributed by atoms with E-state index in [1.807, 2.05) is 6.07 Å². The molecule has 0 radical (unpaired) electrons. The standard InChI is InChI=1S/C17H14FN3O2/c1-11-15(16(22)20-10-12-5-4-8-19-9-12)21-17(23-11)13-6-2-3-7-14(13)18/h2-9H,10H2,1H3,(H,20,22). The van der Waals surface area contributed by atoms with Gasteiger partial charge in [0.15, 0.2) is 5.69 Å². The number of benzene rings is 1. The fourth-order valence-corrected chi connectivity index (χ4v) is 2.13. The highest BCUT2D eigenvalue weighted by atomic mass is 19.1. The number of aryl methyl sites for hydroxylation is 1. The summed E-state index contributed by atoms with van der Waals surface area (Å²) in [6, 6.07) is 9.78. The Kier molecular flexibility index (Phi) is 4.14. The van der Waals surface area contributed by atoms with Gasteiger partial charge in [0.25, 0.3) is 5.91 Å². The van der Waals surface area contributed by atoms with Crippen molar-refractivity contribution in [3.05, 3.63) is 71.6 Å². The Balaban J connectivity index is 1.78. The molecule has 6 heteroatoms. The van der Waals surface area contributed by atoms with Crippen molar-refractivity contribution in [3.63, 3.8) is 0 Å². The van der Waals surface area contributed by atoms with Crippen LogP contribution in [0, 0.1) is 12.7 Å². The maximum Gasteiger partial charge on any atom is 0.273 e. The molecule has 3 aromatic rings. The molecule has 3 rings (SSSR count). The second-order valence-corrected chi connectivity index (χ2v) is 4.95. The smallest absolute Gasteiger partial charge is 0.273 e. The molecular formula is C17H14FN3O2. The van der Waals surface area contributed by atoms with Gasteiger partial charge in [-0.05, 0) is 30.7 Å². The van der Waals surface area contributed by atoms with Crippen LogP contribution >= 0.6 is 0 Å². The SMILES string of the molecule is Cc1oc(-c2ccccc2F)nc1C(=O)NCc1cccnc1. The van der Waals surface area contributed by atoms with E-state index >= 15 is 0 Å². The Morgan fingerprint density at radius 2 is 2.09 bits per heavy atom. The zero-order valence-corrected chi connectivity index (χ0v) is 12.4. The van der Waals surface area contributed by atoms with Gasteiger partial charge in [0.1, 0.15) is 11.6 Å². The van der Waals surface area contributed by atoms with Crippen molar-refractivity contribution in [2.45, 2.75) is 13.5 Å². The van der Waals surface area contributed by atoms with Crippen LogP contribution in [0.3, 0.4) is 0 Å². The number of nitrogens with zero attached hydrogens (tertiary/aromatic N) is 2. The largest absolute Gasteiger partial charge is 0.440 e. The average Bonchev–Trinajstić information content (AvgIpc) is 2.96. The van der Waals surface area contributed by atoms with E-state index in [1.54, 1.807) is 43.6 Å². The summed E-state index contributed by atoms with van der Waals surface area (Å²) in [6.45, 7) is 1.95. The van der Waals surface area contributed by atoms with Crippen molar-refractivity contribution in [2.75, 3.05) is 0 Å². The lowest BCUT2D eigenvalue weighted by Crippen LogP contribution is -2.23.